The van der Waals surface area contributed by atoms with Gasteiger partial charge in [-0.1, -0.05) is 11.6 Å². The predicted molar refractivity (Wildman–Crippen MR) is 82.4 cm³/mol. The summed E-state index contributed by atoms with van der Waals surface area (Å²) in [6.45, 7) is 3.11. The summed E-state index contributed by atoms with van der Waals surface area (Å²) in [5.74, 6) is 1.28. The first-order chi connectivity index (χ1) is 10.0. The van der Waals surface area contributed by atoms with Gasteiger partial charge in [0.2, 0.25) is 0 Å². The van der Waals surface area contributed by atoms with Gasteiger partial charge in [0.25, 0.3) is 5.91 Å². The van der Waals surface area contributed by atoms with E-state index in [0.29, 0.717) is 22.9 Å². The lowest BCUT2D eigenvalue weighted by atomic mass is 10.2. The Morgan fingerprint density at radius 1 is 1.48 bits per heavy atom. The molecule has 0 saturated heterocycles. The molecule has 2 heterocycles. The highest BCUT2D eigenvalue weighted by molar-refractivity contribution is 6.33. The molecule has 0 aliphatic carbocycles. The van der Waals surface area contributed by atoms with Crippen LogP contribution in [0.3, 0.4) is 0 Å². The van der Waals surface area contributed by atoms with Gasteiger partial charge in [-0.15, -0.1) is 0 Å². The van der Waals surface area contributed by atoms with Gasteiger partial charge in [0.15, 0.2) is 0 Å². The van der Waals surface area contributed by atoms with Crippen molar-refractivity contribution in [3.8, 4) is 0 Å². The number of hydrogen-bond acceptors (Lipinski definition) is 4. The van der Waals surface area contributed by atoms with E-state index in [1.54, 1.807) is 24.2 Å². The maximum Gasteiger partial charge on any atom is 0.255 e. The second-order valence-corrected chi connectivity index (χ2v) is 5.10. The third kappa shape index (κ3) is 3.52. The van der Waals surface area contributed by atoms with Gasteiger partial charge in [-0.3, -0.25) is 4.79 Å². The van der Waals surface area contributed by atoms with Crippen LogP contribution in [-0.4, -0.2) is 38.9 Å². The first-order valence-corrected chi connectivity index (χ1v) is 7.01. The first kappa shape index (κ1) is 15.3. The second-order valence-electron chi connectivity index (χ2n) is 4.70. The number of nitrogens with zero attached hydrogens (tertiary/aromatic N) is 4. The average molecular weight is 308 g/mol. The third-order valence-corrected chi connectivity index (χ3v) is 3.39. The molecule has 6 nitrogen and oxygen atoms in total. The van der Waals surface area contributed by atoms with E-state index in [-0.39, 0.29) is 5.91 Å². The summed E-state index contributed by atoms with van der Waals surface area (Å²) < 4.78 is 1.88. The highest BCUT2D eigenvalue weighted by Crippen LogP contribution is 2.20. The fourth-order valence-corrected chi connectivity index (χ4v) is 2.10. The molecular weight excluding hydrogens is 290 g/mol. The molecule has 0 fully saturated rings. The molecule has 0 aromatic carbocycles. The number of nitrogens with one attached hydrogen (secondary N) is 1. The van der Waals surface area contributed by atoms with Crippen molar-refractivity contribution in [2.24, 2.45) is 7.05 Å². The summed E-state index contributed by atoms with van der Waals surface area (Å²) >= 11 is 6.09. The van der Waals surface area contributed by atoms with Crippen molar-refractivity contribution in [3.05, 3.63) is 41.1 Å². The molecule has 1 N–H and O–H groups in total. The molecule has 0 atom stereocenters. The third-order valence-electron chi connectivity index (χ3n) is 3.09. The minimum atomic E-state index is -0.162. The van der Waals surface area contributed by atoms with Crippen LogP contribution in [0.4, 0.5) is 5.82 Å². The van der Waals surface area contributed by atoms with Crippen LogP contribution < -0.4 is 5.32 Å². The predicted octanol–water partition coefficient (Wildman–Crippen LogP) is 2.17. The lowest BCUT2D eigenvalue weighted by Gasteiger charge is -2.18. The van der Waals surface area contributed by atoms with Crippen molar-refractivity contribution >= 4 is 23.3 Å². The van der Waals surface area contributed by atoms with Crippen LogP contribution in [0.25, 0.3) is 0 Å². The Labute approximate surface area is 128 Å². The molecule has 0 saturated carbocycles. The van der Waals surface area contributed by atoms with Crippen molar-refractivity contribution in [3.63, 3.8) is 0 Å². The van der Waals surface area contributed by atoms with Crippen molar-refractivity contribution in [1.29, 1.82) is 0 Å². The highest BCUT2D eigenvalue weighted by Gasteiger charge is 2.17. The second kappa shape index (κ2) is 6.58. The van der Waals surface area contributed by atoms with E-state index < -0.39 is 0 Å². The lowest BCUT2D eigenvalue weighted by Crippen LogP contribution is -2.28. The van der Waals surface area contributed by atoms with Gasteiger partial charge in [-0.2, -0.15) is 0 Å². The number of carbonyl (C=O) groups is 1. The molecule has 1 amide bonds. The smallest absolute Gasteiger partial charge is 0.255 e. The number of imidazole rings is 1. The molecule has 0 aliphatic rings. The van der Waals surface area contributed by atoms with Crippen LogP contribution >= 0.6 is 11.6 Å². The minimum absolute atomic E-state index is 0.162. The summed E-state index contributed by atoms with van der Waals surface area (Å²) in [4.78, 5) is 22.4. The van der Waals surface area contributed by atoms with Crippen LogP contribution in [0, 0.1) is 0 Å². The summed E-state index contributed by atoms with van der Waals surface area (Å²) in [6, 6.07) is 1.67. The number of halogens is 1. The molecule has 112 valence electrons. The van der Waals surface area contributed by atoms with Gasteiger partial charge in [0.05, 0.1) is 17.1 Å². The Morgan fingerprint density at radius 2 is 2.24 bits per heavy atom. The number of aromatic nitrogens is 3. The molecule has 2 rings (SSSR count). The molecule has 0 bridgehead atoms. The number of hydrogen-bond donors (Lipinski definition) is 1. The Hall–Kier alpha value is -2.08. The topological polar surface area (TPSA) is 63.1 Å². The summed E-state index contributed by atoms with van der Waals surface area (Å²) in [6.07, 6.45) is 5.04. The Kier molecular flexibility index (Phi) is 4.80. The Morgan fingerprint density at radius 3 is 2.86 bits per heavy atom. The highest BCUT2D eigenvalue weighted by atomic mass is 35.5. The van der Waals surface area contributed by atoms with E-state index in [1.165, 1.54) is 6.20 Å². The fourth-order valence-electron chi connectivity index (χ4n) is 1.92. The molecule has 0 spiro atoms. The number of amides is 1. The number of carbonyl (C=O) groups excluding carboxylic acids is 1. The quantitative estimate of drug-likeness (QED) is 0.919. The molecule has 21 heavy (non-hydrogen) atoms. The van der Waals surface area contributed by atoms with Crippen LogP contribution in [-0.2, 0) is 13.6 Å². The van der Waals surface area contributed by atoms with E-state index in [9.17, 15) is 4.79 Å². The van der Waals surface area contributed by atoms with Gasteiger partial charge < -0.3 is 14.8 Å². The zero-order valence-corrected chi connectivity index (χ0v) is 13.1. The maximum absolute atomic E-state index is 12.5. The summed E-state index contributed by atoms with van der Waals surface area (Å²) in [7, 11) is 3.62. The van der Waals surface area contributed by atoms with Crippen molar-refractivity contribution < 1.29 is 4.79 Å². The lowest BCUT2D eigenvalue weighted by molar-refractivity contribution is 0.0780. The van der Waals surface area contributed by atoms with Gasteiger partial charge in [0.1, 0.15) is 11.6 Å². The number of anilines is 1. The molecule has 2 aromatic rings. The molecular formula is C14H18ClN5O. The van der Waals surface area contributed by atoms with E-state index >= 15 is 0 Å². The van der Waals surface area contributed by atoms with Gasteiger partial charge in [0, 0.05) is 39.2 Å². The Balaban J connectivity index is 2.18. The zero-order valence-electron chi connectivity index (χ0n) is 12.3. The van der Waals surface area contributed by atoms with Crippen LogP contribution in [0.15, 0.2) is 24.7 Å². The number of pyridine rings is 1. The molecule has 0 radical (unpaired) electrons. The van der Waals surface area contributed by atoms with Crippen molar-refractivity contribution in [1.82, 2.24) is 19.4 Å². The van der Waals surface area contributed by atoms with Crippen LogP contribution in [0.2, 0.25) is 5.02 Å². The first-order valence-electron chi connectivity index (χ1n) is 6.64. The SMILES string of the molecule is CCNc1cc(C(=O)N(C)Cc2nccn2C)c(Cl)cn1. The van der Waals surface area contributed by atoms with Gasteiger partial charge in [-0.25, -0.2) is 9.97 Å². The fraction of sp³-hybridized carbons (Fsp3) is 0.357. The van der Waals surface area contributed by atoms with Crippen molar-refractivity contribution in [2.45, 2.75) is 13.5 Å². The molecule has 0 aliphatic heterocycles. The Bertz CT molecular complexity index is 640. The minimum Gasteiger partial charge on any atom is -0.370 e. The van der Waals surface area contributed by atoms with E-state index in [4.69, 9.17) is 11.6 Å². The van der Waals surface area contributed by atoms with Crippen molar-refractivity contribution in [2.75, 3.05) is 18.9 Å². The molecule has 0 unspecified atom stereocenters. The maximum atomic E-state index is 12.5. The van der Waals surface area contributed by atoms with Gasteiger partial charge in [-0.05, 0) is 13.0 Å². The van der Waals surface area contributed by atoms with E-state index in [2.05, 4.69) is 15.3 Å². The van der Waals surface area contributed by atoms with E-state index in [0.717, 1.165) is 12.4 Å². The van der Waals surface area contributed by atoms with E-state index in [1.807, 2.05) is 24.7 Å². The summed E-state index contributed by atoms with van der Waals surface area (Å²) in [5.41, 5.74) is 0.430. The standard InChI is InChI=1S/C14H18ClN5O/c1-4-16-12-7-10(11(15)8-18-12)14(21)20(3)9-13-17-5-6-19(13)2/h5-8H,4,9H2,1-3H3,(H,16,18). The van der Waals surface area contributed by atoms with Crippen LogP contribution in [0.1, 0.15) is 23.1 Å². The summed E-state index contributed by atoms with van der Waals surface area (Å²) in [5, 5.41) is 3.41. The number of aryl methyl sites for hydroxylation is 1. The zero-order chi connectivity index (χ0) is 15.4. The monoisotopic (exact) mass is 307 g/mol. The largest absolute Gasteiger partial charge is 0.370 e. The normalized spacial score (nSPS) is 10.5. The van der Waals surface area contributed by atoms with Gasteiger partial charge >= 0.3 is 0 Å². The average Bonchev–Trinajstić information content (AvgIpc) is 2.86. The number of rotatable bonds is 5. The molecule has 2 aromatic heterocycles. The molecule has 7 heteroatoms. The van der Waals surface area contributed by atoms with Crippen LogP contribution in [0.5, 0.6) is 0 Å².